The Balaban J connectivity index is 1.48. The summed E-state index contributed by atoms with van der Waals surface area (Å²) in [6, 6.07) is 11.5. The zero-order valence-corrected chi connectivity index (χ0v) is 15.9. The van der Waals surface area contributed by atoms with Crippen LogP contribution in [0.25, 0.3) is 0 Å². The quantitative estimate of drug-likeness (QED) is 0.710. The number of imidazole rings is 1. The molecule has 1 atom stereocenters. The Morgan fingerprint density at radius 1 is 1.21 bits per heavy atom. The Morgan fingerprint density at radius 2 is 2.07 bits per heavy atom. The second-order valence-corrected chi connectivity index (χ2v) is 6.91. The highest BCUT2D eigenvalue weighted by Crippen LogP contribution is 2.27. The number of carbonyl (C=O) groups excluding carboxylic acids is 2. The molecule has 1 unspecified atom stereocenters. The first-order valence-corrected chi connectivity index (χ1v) is 9.38. The lowest BCUT2D eigenvalue weighted by atomic mass is 10.1. The molecule has 0 fully saturated rings. The van der Waals surface area contributed by atoms with Crippen LogP contribution in [-0.4, -0.2) is 42.9 Å². The zero-order chi connectivity index (χ0) is 20.4. The van der Waals surface area contributed by atoms with Gasteiger partial charge in [-0.15, -0.1) is 0 Å². The molecule has 2 N–H and O–H groups in total. The molecular weight excluding hydrogens is 370 g/mol. The molecule has 3 heterocycles. The van der Waals surface area contributed by atoms with Gasteiger partial charge in [-0.05, 0) is 37.3 Å². The van der Waals surface area contributed by atoms with E-state index >= 15 is 0 Å². The van der Waals surface area contributed by atoms with Crippen LogP contribution in [0.2, 0.25) is 0 Å². The van der Waals surface area contributed by atoms with Crippen LogP contribution in [0.15, 0.2) is 54.9 Å². The van der Waals surface area contributed by atoms with Crippen molar-refractivity contribution in [1.82, 2.24) is 24.8 Å². The van der Waals surface area contributed by atoms with Crippen molar-refractivity contribution in [2.45, 2.75) is 26.1 Å². The van der Waals surface area contributed by atoms with Gasteiger partial charge >= 0.3 is 0 Å². The molecule has 2 amide bonds. The fraction of sp³-hybridized carbons (Fsp3) is 0.238. The summed E-state index contributed by atoms with van der Waals surface area (Å²) in [5, 5.41) is 12.5. The van der Waals surface area contributed by atoms with E-state index in [1.54, 1.807) is 29.4 Å². The van der Waals surface area contributed by atoms with Gasteiger partial charge in [-0.3, -0.25) is 14.6 Å². The second kappa shape index (κ2) is 7.75. The lowest BCUT2D eigenvalue weighted by molar-refractivity contribution is 0.0637. The van der Waals surface area contributed by atoms with Crippen LogP contribution in [-0.2, 0) is 13.1 Å². The third kappa shape index (κ3) is 3.82. The monoisotopic (exact) mass is 391 g/mol. The molecule has 29 heavy (non-hydrogen) atoms. The molecular formula is C21H21N5O3. The van der Waals surface area contributed by atoms with Crippen molar-refractivity contribution in [2.75, 3.05) is 6.54 Å². The van der Waals surface area contributed by atoms with Gasteiger partial charge in [-0.2, -0.15) is 0 Å². The first-order valence-electron chi connectivity index (χ1n) is 9.38. The highest BCUT2D eigenvalue weighted by molar-refractivity contribution is 5.95. The smallest absolute Gasteiger partial charge is 0.271 e. The minimum absolute atomic E-state index is 0.0499. The van der Waals surface area contributed by atoms with E-state index in [1.165, 1.54) is 12.1 Å². The van der Waals surface area contributed by atoms with Gasteiger partial charge in [0.2, 0.25) is 0 Å². The lowest BCUT2D eigenvalue weighted by Crippen LogP contribution is -2.41. The number of hydrogen-bond acceptors (Lipinski definition) is 5. The van der Waals surface area contributed by atoms with Gasteiger partial charge in [0.25, 0.3) is 11.8 Å². The van der Waals surface area contributed by atoms with Gasteiger partial charge in [0.15, 0.2) is 0 Å². The number of pyridine rings is 1. The summed E-state index contributed by atoms with van der Waals surface area (Å²) in [4.78, 5) is 35.7. The van der Waals surface area contributed by atoms with Gasteiger partial charge < -0.3 is 19.9 Å². The number of aromatic hydroxyl groups is 1. The van der Waals surface area contributed by atoms with Crippen LogP contribution >= 0.6 is 0 Å². The summed E-state index contributed by atoms with van der Waals surface area (Å²) < 4.78 is 1.91. The van der Waals surface area contributed by atoms with Crippen molar-refractivity contribution in [3.05, 3.63) is 77.6 Å². The number of carbonyl (C=O) groups is 2. The summed E-state index contributed by atoms with van der Waals surface area (Å²) in [5.74, 6) is 0.251. The maximum Gasteiger partial charge on any atom is 0.271 e. The van der Waals surface area contributed by atoms with E-state index in [-0.39, 0.29) is 23.6 Å². The van der Waals surface area contributed by atoms with Gasteiger partial charge in [-0.1, -0.05) is 12.1 Å². The molecule has 1 aliphatic heterocycles. The number of amides is 2. The van der Waals surface area contributed by atoms with Crippen LogP contribution in [0.4, 0.5) is 0 Å². The van der Waals surface area contributed by atoms with Crippen LogP contribution in [0.1, 0.15) is 45.3 Å². The van der Waals surface area contributed by atoms with Crippen LogP contribution < -0.4 is 5.32 Å². The van der Waals surface area contributed by atoms with Crippen molar-refractivity contribution in [3.63, 3.8) is 0 Å². The molecule has 8 heteroatoms. The number of rotatable bonds is 4. The van der Waals surface area contributed by atoms with Crippen molar-refractivity contribution >= 4 is 11.8 Å². The number of aromatic nitrogens is 3. The minimum atomic E-state index is -0.295. The number of phenolic OH excluding ortho intramolecular Hbond substituents is 1. The maximum atomic E-state index is 12.9. The van der Waals surface area contributed by atoms with Gasteiger partial charge in [0, 0.05) is 31.0 Å². The average molecular weight is 391 g/mol. The summed E-state index contributed by atoms with van der Waals surface area (Å²) in [6.07, 6.45) is 3.40. The number of fused-ring (bicyclic) bond motifs is 1. The summed E-state index contributed by atoms with van der Waals surface area (Å²) in [5.41, 5.74) is 1.50. The second-order valence-electron chi connectivity index (χ2n) is 6.91. The van der Waals surface area contributed by atoms with E-state index in [4.69, 9.17) is 0 Å². The molecule has 0 spiro atoms. The molecule has 3 aromatic rings. The molecule has 8 nitrogen and oxygen atoms in total. The normalized spacial score (nSPS) is 15.6. The van der Waals surface area contributed by atoms with Crippen molar-refractivity contribution < 1.29 is 14.7 Å². The lowest BCUT2D eigenvalue weighted by Gasteiger charge is -2.33. The summed E-state index contributed by atoms with van der Waals surface area (Å²) in [6.45, 7) is 3.24. The molecule has 0 saturated heterocycles. The molecule has 2 aromatic heterocycles. The van der Waals surface area contributed by atoms with E-state index in [2.05, 4.69) is 15.3 Å². The fourth-order valence-electron chi connectivity index (χ4n) is 3.45. The highest BCUT2D eigenvalue weighted by Gasteiger charge is 2.31. The van der Waals surface area contributed by atoms with Crippen LogP contribution in [0, 0.1) is 0 Å². The third-order valence-corrected chi connectivity index (χ3v) is 4.97. The first-order chi connectivity index (χ1) is 14.0. The van der Waals surface area contributed by atoms with Crippen molar-refractivity contribution in [2.24, 2.45) is 0 Å². The average Bonchev–Trinajstić information content (AvgIpc) is 3.18. The topological polar surface area (TPSA) is 100 Å². The highest BCUT2D eigenvalue weighted by atomic mass is 16.3. The molecule has 148 valence electrons. The molecule has 1 aliphatic rings. The van der Waals surface area contributed by atoms with Crippen LogP contribution in [0.5, 0.6) is 5.75 Å². The summed E-state index contributed by atoms with van der Waals surface area (Å²) in [7, 11) is 0. The van der Waals surface area contributed by atoms with Gasteiger partial charge in [-0.25, -0.2) is 4.98 Å². The SMILES string of the molecule is CC1c2nc(C(=O)NCc3ccccn3)cn2CCN1C(=O)c1cccc(O)c1. The molecule has 0 saturated carbocycles. The molecule has 0 aliphatic carbocycles. The van der Waals surface area contributed by atoms with Crippen molar-refractivity contribution in [1.29, 1.82) is 0 Å². The van der Waals surface area contributed by atoms with E-state index in [9.17, 15) is 14.7 Å². The molecule has 0 radical (unpaired) electrons. The van der Waals surface area contributed by atoms with Crippen LogP contribution in [0.3, 0.4) is 0 Å². The third-order valence-electron chi connectivity index (χ3n) is 4.97. The number of nitrogens with zero attached hydrogens (tertiary/aromatic N) is 4. The Labute approximate surface area is 167 Å². The zero-order valence-electron chi connectivity index (χ0n) is 15.9. The maximum absolute atomic E-state index is 12.9. The number of phenols is 1. The standard InChI is InChI=1S/C21H21N5O3/c1-14-19-24-18(20(28)23-12-16-6-2-3-8-22-16)13-25(19)9-10-26(14)21(29)15-5-4-7-17(27)11-15/h2-8,11,13-14,27H,9-10,12H2,1H3,(H,23,28). The summed E-state index contributed by atoms with van der Waals surface area (Å²) >= 11 is 0. The first kappa shape index (κ1) is 18.7. The Bertz CT molecular complexity index is 1050. The predicted octanol–water partition coefficient (Wildman–Crippen LogP) is 2.13. The number of benzene rings is 1. The van der Waals surface area contributed by atoms with Gasteiger partial charge in [0.1, 0.15) is 17.3 Å². The fourth-order valence-corrected chi connectivity index (χ4v) is 3.45. The van der Waals surface area contributed by atoms with E-state index in [0.29, 0.717) is 36.7 Å². The Morgan fingerprint density at radius 3 is 2.83 bits per heavy atom. The Hall–Kier alpha value is -3.68. The predicted molar refractivity (Wildman–Crippen MR) is 105 cm³/mol. The number of hydrogen-bond donors (Lipinski definition) is 2. The van der Waals surface area contributed by atoms with E-state index < -0.39 is 0 Å². The number of nitrogens with one attached hydrogen (secondary N) is 1. The molecule has 1 aromatic carbocycles. The van der Waals surface area contributed by atoms with Crippen molar-refractivity contribution in [3.8, 4) is 5.75 Å². The van der Waals surface area contributed by atoms with Gasteiger partial charge in [0.05, 0.1) is 18.3 Å². The van der Waals surface area contributed by atoms with E-state index in [0.717, 1.165) is 5.69 Å². The minimum Gasteiger partial charge on any atom is -0.508 e. The largest absolute Gasteiger partial charge is 0.508 e. The molecule has 0 bridgehead atoms. The van der Waals surface area contributed by atoms with E-state index in [1.807, 2.05) is 29.7 Å². The molecule has 4 rings (SSSR count). The Kier molecular flexibility index (Phi) is 4.99.